The molecule has 182 valence electrons. The fourth-order valence-electron chi connectivity index (χ4n) is 4.04. The average molecular weight is 551 g/mol. The van der Waals surface area contributed by atoms with Crippen molar-refractivity contribution in [1.82, 2.24) is 14.3 Å². The van der Waals surface area contributed by atoms with Gasteiger partial charge in [0.05, 0.1) is 21.1 Å². The van der Waals surface area contributed by atoms with Crippen molar-refractivity contribution in [3.05, 3.63) is 70.6 Å². The third-order valence-corrected chi connectivity index (χ3v) is 10.5. The van der Waals surface area contributed by atoms with Gasteiger partial charge in [0, 0.05) is 31.4 Å². The molecule has 0 atom stereocenters. The first-order chi connectivity index (χ1) is 16.8. The summed E-state index contributed by atoms with van der Waals surface area (Å²) in [5.41, 5.74) is 1.50. The molecule has 7 nitrogen and oxygen atoms in total. The molecule has 35 heavy (non-hydrogen) atoms. The Labute approximate surface area is 214 Å². The number of pyridine rings is 1. The van der Waals surface area contributed by atoms with E-state index in [1.807, 2.05) is 12.1 Å². The fourth-order valence-corrected chi connectivity index (χ4v) is 8.14. The Morgan fingerprint density at radius 2 is 1.86 bits per heavy atom. The third-order valence-electron chi connectivity index (χ3n) is 5.87. The lowest BCUT2D eigenvalue weighted by atomic mass is 9.96. The standard InChI is InChI=1S/C23H20ClFN4O3S3/c24-20-3-4-21(34-20)35(31,32)28-11-7-16(8-12-28)22(30)29(14-15-5-9-26-10-6-15)23-27-18-2-1-17(25)13-19(18)33-23/h1-6,9-10,13,16H,7-8,11-12,14H2. The molecule has 1 aliphatic heterocycles. The number of hydrogen-bond acceptors (Lipinski definition) is 7. The van der Waals surface area contributed by atoms with Gasteiger partial charge in [-0.15, -0.1) is 11.3 Å². The van der Waals surface area contributed by atoms with E-state index in [4.69, 9.17) is 11.6 Å². The largest absolute Gasteiger partial charge is 0.283 e. The topological polar surface area (TPSA) is 83.5 Å². The summed E-state index contributed by atoms with van der Waals surface area (Å²) in [4.78, 5) is 23.9. The predicted molar refractivity (Wildman–Crippen MR) is 136 cm³/mol. The summed E-state index contributed by atoms with van der Waals surface area (Å²) in [7, 11) is -3.64. The van der Waals surface area contributed by atoms with Crippen molar-refractivity contribution in [3.8, 4) is 0 Å². The third kappa shape index (κ3) is 5.10. The fraction of sp³-hybridized carbons (Fsp3) is 0.261. The van der Waals surface area contributed by atoms with Gasteiger partial charge in [-0.25, -0.2) is 17.8 Å². The minimum Gasteiger partial charge on any atom is -0.283 e. The van der Waals surface area contributed by atoms with Crippen LogP contribution in [0, 0.1) is 11.7 Å². The number of sulfonamides is 1. The summed E-state index contributed by atoms with van der Waals surface area (Å²) < 4.78 is 42.3. The Balaban J connectivity index is 1.37. The lowest BCUT2D eigenvalue weighted by Crippen LogP contribution is -2.44. The first-order valence-electron chi connectivity index (χ1n) is 10.8. The molecule has 1 aromatic carbocycles. The van der Waals surface area contributed by atoms with Gasteiger partial charge >= 0.3 is 0 Å². The van der Waals surface area contributed by atoms with E-state index in [0.717, 1.165) is 16.9 Å². The van der Waals surface area contributed by atoms with Crippen molar-refractivity contribution in [3.63, 3.8) is 0 Å². The first kappa shape index (κ1) is 24.3. The van der Waals surface area contributed by atoms with Crippen molar-refractivity contribution < 1.29 is 17.6 Å². The molecule has 0 bridgehead atoms. The van der Waals surface area contributed by atoms with E-state index in [0.29, 0.717) is 32.5 Å². The highest BCUT2D eigenvalue weighted by atomic mass is 35.5. The number of aromatic nitrogens is 2. The Bertz CT molecular complexity index is 1470. The quantitative estimate of drug-likeness (QED) is 0.330. The molecule has 4 aromatic rings. The lowest BCUT2D eigenvalue weighted by molar-refractivity contribution is -0.123. The van der Waals surface area contributed by atoms with E-state index < -0.39 is 10.0 Å². The lowest BCUT2D eigenvalue weighted by Gasteiger charge is -2.32. The van der Waals surface area contributed by atoms with Gasteiger partial charge in [-0.2, -0.15) is 4.31 Å². The highest BCUT2D eigenvalue weighted by Gasteiger charge is 2.35. The normalized spacial score (nSPS) is 15.5. The van der Waals surface area contributed by atoms with E-state index in [2.05, 4.69) is 9.97 Å². The summed E-state index contributed by atoms with van der Waals surface area (Å²) in [6.45, 7) is 0.765. The Kier molecular flexibility index (Phi) is 6.86. The molecule has 4 heterocycles. The maximum atomic E-state index is 13.7. The molecule has 12 heteroatoms. The Hall–Kier alpha value is -2.44. The molecule has 0 aliphatic carbocycles. The van der Waals surface area contributed by atoms with Gasteiger partial charge in [-0.1, -0.05) is 22.9 Å². The van der Waals surface area contributed by atoms with Crippen LogP contribution in [0.15, 0.2) is 59.1 Å². The van der Waals surface area contributed by atoms with E-state index in [1.165, 1.54) is 33.8 Å². The number of thiophene rings is 1. The SMILES string of the molecule is O=C(C1CCN(S(=O)(=O)c2ccc(Cl)s2)CC1)N(Cc1ccncc1)c1nc2ccc(F)cc2s1. The molecule has 3 aromatic heterocycles. The van der Waals surface area contributed by atoms with Gasteiger partial charge in [0.15, 0.2) is 5.13 Å². The monoisotopic (exact) mass is 550 g/mol. The van der Waals surface area contributed by atoms with E-state index in [-0.39, 0.29) is 41.5 Å². The highest BCUT2D eigenvalue weighted by molar-refractivity contribution is 7.91. The number of thiazole rings is 1. The molecule has 0 saturated carbocycles. The number of nitrogens with zero attached hydrogens (tertiary/aromatic N) is 4. The smallest absolute Gasteiger partial charge is 0.252 e. The van der Waals surface area contributed by atoms with Crippen LogP contribution in [0.25, 0.3) is 10.2 Å². The molecule has 0 radical (unpaired) electrons. The summed E-state index contributed by atoms with van der Waals surface area (Å²) >= 11 is 8.20. The number of carbonyl (C=O) groups is 1. The molecule has 1 saturated heterocycles. The summed E-state index contributed by atoms with van der Waals surface area (Å²) in [6.07, 6.45) is 4.10. The van der Waals surface area contributed by atoms with Crippen molar-refractivity contribution in [2.75, 3.05) is 18.0 Å². The minimum absolute atomic E-state index is 0.127. The zero-order chi connectivity index (χ0) is 24.6. The number of rotatable bonds is 6. The van der Waals surface area contributed by atoms with Crippen LogP contribution in [0.1, 0.15) is 18.4 Å². The number of piperidine rings is 1. The zero-order valence-corrected chi connectivity index (χ0v) is 21.5. The summed E-state index contributed by atoms with van der Waals surface area (Å²) in [5, 5.41) is 0.482. The van der Waals surface area contributed by atoms with Gasteiger partial charge in [-0.05, 0) is 60.9 Å². The number of anilines is 1. The highest BCUT2D eigenvalue weighted by Crippen LogP contribution is 2.34. The number of benzene rings is 1. The van der Waals surface area contributed by atoms with Crippen molar-refractivity contribution in [1.29, 1.82) is 0 Å². The van der Waals surface area contributed by atoms with Crippen LogP contribution in [-0.2, 0) is 21.4 Å². The number of amides is 1. The van der Waals surface area contributed by atoms with Crippen LogP contribution in [0.4, 0.5) is 9.52 Å². The van der Waals surface area contributed by atoms with Gasteiger partial charge in [0.2, 0.25) is 5.91 Å². The van der Waals surface area contributed by atoms with Crippen LogP contribution in [-0.4, -0.2) is 41.7 Å². The molecule has 0 N–H and O–H groups in total. The van der Waals surface area contributed by atoms with Crippen molar-refractivity contribution in [2.45, 2.75) is 23.6 Å². The number of carbonyl (C=O) groups excluding carboxylic acids is 1. The summed E-state index contributed by atoms with van der Waals surface area (Å²) in [5.74, 6) is -0.850. The maximum Gasteiger partial charge on any atom is 0.252 e. The van der Waals surface area contributed by atoms with E-state index in [1.54, 1.807) is 29.4 Å². The molecule has 0 unspecified atom stereocenters. The van der Waals surface area contributed by atoms with E-state index >= 15 is 0 Å². The molecule has 1 amide bonds. The average Bonchev–Trinajstić information content (AvgIpc) is 3.49. The molecule has 1 fully saturated rings. The van der Waals surface area contributed by atoms with Crippen molar-refractivity contribution in [2.24, 2.45) is 5.92 Å². The second kappa shape index (κ2) is 9.90. The predicted octanol–water partition coefficient (Wildman–Crippen LogP) is 5.18. The molecule has 1 aliphatic rings. The van der Waals surface area contributed by atoms with Crippen molar-refractivity contribution >= 4 is 65.6 Å². The summed E-state index contributed by atoms with van der Waals surface area (Å²) in [6, 6.07) is 11.1. The number of halogens is 2. The molecular weight excluding hydrogens is 531 g/mol. The van der Waals surface area contributed by atoms with E-state index in [9.17, 15) is 17.6 Å². The van der Waals surface area contributed by atoms with Crippen LogP contribution in [0.3, 0.4) is 0 Å². The number of hydrogen-bond donors (Lipinski definition) is 0. The maximum absolute atomic E-state index is 13.7. The van der Waals surface area contributed by atoms with Crippen LogP contribution >= 0.6 is 34.3 Å². The van der Waals surface area contributed by atoms with Crippen LogP contribution < -0.4 is 4.90 Å². The van der Waals surface area contributed by atoms with Crippen LogP contribution in [0.2, 0.25) is 4.34 Å². The van der Waals surface area contributed by atoms with Gasteiger partial charge in [0.1, 0.15) is 10.0 Å². The second-order valence-electron chi connectivity index (χ2n) is 8.13. The van der Waals surface area contributed by atoms with Gasteiger partial charge in [0.25, 0.3) is 10.0 Å². The Morgan fingerprint density at radius 1 is 1.11 bits per heavy atom. The molecule has 5 rings (SSSR count). The Morgan fingerprint density at radius 3 is 2.54 bits per heavy atom. The first-order valence-corrected chi connectivity index (χ1v) is 14.3. The zero-order valence-electron chi connectivity index (χ0n) is 18.3. The minimum atomic E-state index is -3.64. The molecule has 0 spiro atoms. The van der Waals surface area contributed by atoms with Crippen LogP contribution in [0.5, 0.6) is 0 Å². The second-order valence-corrected chi connectivity index (χ2v) is 13.0. The number of fused-ring (bicyclic) bond motifs is 1. The molecular formula is C23H20ClFN4O3S3. The van der Waals surface area contributed by atoms with Gasteiger partial charge in [-0.3, -0.25) is 14.7 Å². The van der Waals surface area contributed by atoms with Gasteiger partial charge < -0.3 is 0 Å².